The Morgan fingerprint density at radius 3 is 2.67 bits per heavy atom. The van der Waals surface area contributed by atoms with Crippen molar-refractivity contribution in [2.24, 2.45) is 5.10 Å². The van der Waals surface area contributed by atoms with E-state index >= 15 is 0 Å². The molecule has 3 N–H and O–H groups in total. The SMILES string of the molecule is CCOc1cc(/C=N/NC(=O)c2cc(-c3ccc(OC)c(OC)c3)n[nH]2)ccc1O. The summed E-state index contributed by atoms with van der Waals surface area (Å²) < 4.78 is 15.8. The number of rotatable bonds is 8. The van der Waals surface area contributed by atoms with Crippen molar-refractivity contribution in [3.63, 3.8) is 0 Å². The van der Waals surface area contributed by atoms with Gasteiger partial charge in [-0.1, -0.05) is 0 Å². The van der Waals surface area contributed by atoms with Crippen molar-refractivity contribution in [3.8, 4) is 34.3 Å². The highest BCUT2D eigenvalue weighted by Gasteiger charge is 2.13. The first-order valence-electron chi connectivity index (χ1n) is 9.12. The predicted octanol–water partition coefficient (Wildman–Crippen LogP) is 2.96. The first kappa shape index (κ1) is 20.7. The molecule has 1 aromatic heterocycles. The zero-order chi connectivity index (χ0) is 21.5. The van der Waals surface area contributed by atoms with Crippen LogP contribution in [-0.2, 0) is 0 Å². The number of carbonyl (C=O) groups excluding carboxylic acids is 1. The van der Waals surface area contributed by atoms with Gasteiger partial charge in [-0.25, -0.2) is 5.43 Å². The maximum atomic E-state index is 12.3. The molecule has 0 spiro atoms. The summed E-state index contributed by atoms with van der Waals surface area (Å²) in [6, 6.07) is 11.7. The Morgan fingerprint density at radius 1 is 1.13 bits per heavy atom. The number of benzene rings is 2. The van der Waals surface area contributed by atoms with Crippen molar-refractivity contribution < 1.29 is 24.1 Å². The third-order valence-electron chi connectivity index (χ3n) is 4.17. The number of hydrazone groups is 1. The van der Waals surface area contributed by atoms with Crippen LogP contribution in [0.5, 0.6) is 23.0 Å². The Labute approximate surface area is 173 Å². The highest BCUT2D eigenvalue weighted by atomic mass is 16.5. The highest BCUT2D eigenvalue weighted by Crippen LogP contribution is 2.31. The number of hydrogen-bond donors (Lipinski definition) is 3. The van der Waals surface area contributed by atoms with Crippen molar-refractivity contribution in [1.29, 1.82) is 0 Å². The summed E-state index contributed by atoms with van der Waals surface area (Å²) >= 11 is 0. The molecule has 0 aliphatic carbocycles. The lowest BCUT2D eigenvalue weighted by Gasteiger charge is -2.08. The van der Waals surface area contributed by atoms with E-state index in [1.165, 1.54) is 12.3 Å². The minimum Gasteiger partial charge on any atom is -0.504 e. The fraction of sp³-hybridized carbons (Fsp3) is 0.190. The standard InChI is InChI=1S/C21H22N4O5/c1-4-30-19-9-13(5-7-17(19)26)12-22-25-21(27)16-11-15(23-24-16)14-6-8-18(28-2)20(10-14)29-3/h5-12,26H,4H2,1-3H3,(H,23,24)(H,25,27)/b22-12+. The molecule has 156 valence electrons. The highest BCUT2D eigenvalue weighted by molar-refractivity contribution is 5.94. The summed E-state index contributed by atoms with van der Waals surface area (Å²) in [6.07, 6.45) is 1.45. The summed E-state index contributed by atoms with van der Waals surface area (Å²) in [5, 5.41) is 20.5. The Hall–Kier alpha value is -4.01. The quantitative estimate of drug-likeness (QED) is 0.388. The lowest BCUT2D eigenvalue weighted by atomic mass is 10.1. The van der Waals surface area contributed by atoms with Crippen molar-refractivity contribution in [2.75, 3.05) is 20.8 Å². The topological polar surface area (TPSA) is 118 Å². The summed E-state index contributed by atoms with van der Waals surface area (Å²) in [4.78, 5) is 12.3. The first-order valence-corrected chi connectivity index (χ1v) is 9.12. The molecule has 1 amide bonds. The fourth-order valence-corrected chi connectivity index (χ4v) is 2.69. The average molecular weight is 410 g/mol. The van der Waals surface area contributed by atoms with E-state index in [0.29, 0.717) is 35.1 Å². The van der Waals surface area contributed by atoms with E-state index in [4.69, 9.17) is 14.2 Å². The lowest BCUT2D eigenvalue weighted by Crippen LogP contribution is -2.18. The molecule has 9 heteroatoms. The number of phenols is 1. The number of phenolic OH excluding ortho intramolecular Hbond substituents is 1. The molecule has 1 heterocycles. The van der Waals surface area contributed by atoms with E-state index < -0.39 is 5.91 Å². The van der Waals surface area contributed by atoms with Gasteiger partial charge in [0.1, 0.15) is 5.69 Å². The van der Waals surface area contributed by atoms with Gasteiger partial charge < -0.3 is 19.3 Å². The van der Waals surface area contributed by atoms with Crippen molar-refractivity contribution >= 4 is 12.1 Å². The summed E-state index contributed by atoms with van der Waals surface area (Å²) in [7, 11) is 3.11. The van der Waals surface area contributed by atoms with E-state index in [9.17, 15) is 9.90 Å². The Bertz CT molecular complexity index is 1060. The van der Waals surface area contributed by atoms with E-state index in [0.717, 1.165) is 5.56 Å². The molecule has 0 bridgehead atoms. The van der Waals surface area contributed by atoms with Crippen LogP contribution in [0, 0.1) is 0 Å². The molecule has 3 aromatic rings. The van der Waals surface area contributed by atoms with Gasteiger partial charge in [0.05, 0.1) is 32.7 Å². The minimum atomic E-state index is -0.450. The average Bonchev–Trinajstić information content (AvgIpc) is 3.26. The summed E-state index contributed by atoms with van der Waals surface area (Å²) in [5.41, 5.74) is 4.67. The van der Waals surface area contributed by atoms with Crippen molar-refractivity contribution in [1.82, 2.24) is 15.6 Å². The summed E-state index contributed by atoms with van der Waals surface area (Å²) in [6.45, 7) is 2.24. The fourth-order valence-electron chi connectivity index (χ4n) is 2.69. The third kappa shape index (κ3) is 4.69. The van der Waals surface area contributed by atoms with E-state index in [1.807, 2.05) is 13.0 Å². The molecular weight excluding hydrogens is 388 g/mol. The largest absolute Gasteiger partial charge is 0.504 e. The number of amides is 1. The van der Waals surface area contributed by atoms with Crippen LogP contribution < -0.4 is 19.6 Å². The van der Waals surface area contributed by atoms with Gasteiger partial charge in [-0.3, -0.25) is 9.89 Å². The minimum absolute atomic E-state index is 0.0400. The monoisotopic (exact) mass is 410 g/mol. The molecule has 0 atom stereocenters. The third-order valence-corrected chi connectivity index (χ3v) is 4.17. The second kappa shape index (κ2) is 9.46. The number of H-pyrrole nitrogens is 1. The first-order chi connectivity index (χ1) is 14.5. The van der Waals surface area contributed by atoms with Gasteiger partial charge in [-0.05, 0) is 55.0 Å². The van der Waals surface area contributed by atoms with Crippen molar-refractivity contribution in [2.45, 2.75) is 6.92 Å². The molecule has 30 heavy (non-hydrogen) atoms. The molecule has 3 rings (SSSR count). The number of ether oxygens (including phenoxy) is 3. The van der Waals surface area contributed by atoms with Gasteiger partial charge in [0.15, 0.2) is 23.0 Å². The lowest BCUT2D eigenvalue weighted by molar-refractivity contribution is 0.0950. The molecule has 0 radical (unpaired) electrons. The van der Waals surface area contributed by atoms with Crippen LogP contribution in [-0.4, -0.2) is 48.3 Å². The maximum Gasteiger partial charge on any atom is 0.289 e. The second-order valence-corrected chi connectivity index (χ2v) is 6.10. The van der Waals surface area contributed by atoms with Crippen LogP contribution in [0.2, 0.25) is 0 Å². The molecule has 2 aromatic carbocycles. The van der Waals surface area contributed by atoms with Gasteiger partial charge in [-0.2, -0.15) is 10.2 Å². The number of aromatic amines is 1. The van der Waals surface area contributed by atoms with Gasteiger partial charge >= 0.3 is 0 Å². The van der Waals surface area contributed by atoms with Crippen molar-refractivity contribution in [3.05, 3.63) is 53.7 Å². The van der Waals surface area contributed by atoms with Gasteiger partial charge in [0.25, 0.3) is 5.91 Å². The smallest absolute Gasteiger partial charge is 0.289 e. The molecule has 0 saturated heterocycles. The predicted molar refractivity (Wildman–Crippen MR) is 111 cm³/mol. The molecule has 0 unspecified atom stereocenters. The molecule has 0 aliphatic heterocycles. The van der Waals surface area contributed by atoms with E-state index in [2.05, 4.69) is 20.7 Å². The Kier molecular flexibility index (Phi) is 6.53. The number of methoxy groups -OCH3 is 2. The van der Waals surface area contributed by atoms with Crippen LogP contribution in [0.3, 0.4) is 0 Å². The molecular formula is C21H22N4O5. The Morgan fingerprint density at radius 2 is 1.93 bits per heavy atom. The van der Waals surface area contributed by atoms with Crippen LogP contribution in [0.15, 0.2) is 47.6 Å². The zero-order valence-corrected chi connectivity index (χ0v) is 16.8. The number of hydrogen-bond acceptors (Lipinski definition) is 7. The van der Waals surface area contributed by atoms with Crippen LogP contribution in [0.1, 0.15) is 23.0 Å². The van der Waals surface area contributed by atoms with Crippen LogP contribution in [0.25, 0.3) is 11.3 Å². The van der Waals surface area contributed by atoms with E-state index in [-0.39, 0.29) is 11.4 Å². The maximum absolute atomic E-state index is 12.3. The summed E-state index contributed by atoms with van der Waals surface area (Å²) in [5.74, 6) is 1.10. The van der Waals surface area contributed by atoms with Gasteiger partial charge in [0.2, 0.25) is 0 Å². The van der Waals surface area contributed by atoms with E-state index in [1.54, 1.807) is 44.6 Å². The van der Waals surface area contributed by atoms with Crippen LogP contribution >= 0.6 is 0 Å². The van der Waals surface area contributed by atoms with Crippen LogP contribution in [0.4, 0.5) is 0 Å². The van der Waals surface area contributed by atoms with Gasteiger partial charge in [0, 0.05) is 5.56 Å². The van der Waals surface area contributed by atoms with Gasteiger partial charge in [-0.15, -0.1) is 0 Å². The number of aromatic nitrogens is 2. The molecule has 9 nitrogen and oxygen atoms in total. The number of nitrogens with zero attached hydrogens (tertiary/aromatic N) is 2. The molecule has 0 saturated carbocycles. The number of aromatic hydroxyl groups is 1. The molecule has 0 aliphatic rings. The number of nitrogens with one attached hydrogen (secondary N) is 2. The second-order valence-electron chi connectivity index (χ2n) is 6.10. The number of carbonyl (C=O) groups is 1. The zero-order valence-electron chi connectivity index (χ0n) is 16.8. The Balaban J connectivity index is 1.68. The molecule has 0 fully saturated rings. The normalized spacial score (nSPS) is 10.8.